The molecule has 0 unspecified atom stereocenters. The van der Waals surface area contributed by atoms with E-state index in [-0.39, 0.29) is 24.9 Å². The normalized spacial score (nSPS) is 11.1. The Kier molecular flexibility index (Phi) is 7.13. The molecule has 162 valence electrons. The number of amides is 1. The second-order valence-corrected chi connectivity index (χ2v) is 8.08. The van der Waals surface area contributed by atoms with Gasteiger partial charge in [0.2, 0.25) is 5.76 Å². The molecule has 0 aliphatic heterocycles. The number of benzene rings is 2. The smallest absolute Gasteiger partial charge is 0.374 e. The summed E-state index contributed by atoms with van der Waals surface area (Å²) in [7, 11) is 0. The van der Waals surface area contributed by atoms with Gasteiger partial charge in [0.1, 0.15) is 18.1 Å². The van der Waals surface area contributed by atoms with Gasteiger partial charge in [-0.25, -0.2) is 4.79 Å². The van der Waals surface area contributed by atoms with Crippen LogP contribution in [0.2, 0.25) is 0 Å². The first-order chi connectivity index (χ1) is 14.8. The van der Waals surface area contributed by atoms with Crippen molar-refractivity contribution in [2.75, 3.05) is 6.61 Å². The minimum Gasteiger partial charge on any atom is -0.486 e. The fourth-order valence-electron chi connectivity index (χ4n) is 2.98. The molecule has 0 N–H and O–H groups in total. The standard InChI is InChI=1S/C25H27NO5/c1-25(2,3)26(16-19-10-6-4-7-11-19)23(27)18-30-24(28)22-15-14-21(31-22)17-29-20-12-8-5-9-13-20/h4-15H,16-18H2,1-3H3. The third kappa shape index (κ3) is 6.47. The van der Waals surface area contributed by atoms with E-state index >= 15 is 0 Å². The van der Waals surface area contributed by atoms with Crippen LogP contribution in [-0.2, 0) is 22.7 Å². The van der Waals surface area contributed by atoms with Crippen LogP contribution in [0.3, 0.4) is 0 Å². The van der Waals surface area contributed by atoms with Crippen LogP contribution in [0.4, 0.5) is 0 Å². The molecule has 0 saturated carbocycles. The fourth-order valence-corrected chi connectivity index (χ4v) is 2.98. The molecule has 0 radical (unpaired) electrons. The lowest BCUT2D eigenvalue weighted by Gasteiger charge is -2.35. The molecule has 1 heterocycles. The van der Waals surface area contributed by atoms with Gasteiger partial charge >= 0.3 is 5.97 Å². The Hall–Kier alpha value is -3.54. The van der Waals surface area contributed by atoms with Gasteiger partial charge in [-0.15, -0.1) is 0 Å². The molecule has 3 rings (SSSR count). The van der Waals surface area contributed by atoms with Crippen molar-refractivity contribution < 1.29 is 23.5 Å². The van der Waals surface area contributed by atoms with Crippen LogP contribution < -0.4 is 4.74 Å². The molecule has 0 atom stereocenters. The Balaban J connectivity index is 1.55. The average molecular weight is 421 g/mol. The quantitative estimate of drug-likeness (QED) is 0.487. The molecule has 31 heavy (non-hydrogen) atoms. The van der Waals surface area contributed by atoms with Gasteiger partial charge in [-0.2, -0.15) is 0 Å². The van der Waals surface area contributed by atoms with Crippen LogP contribution in [-0.4, -0.2) is 28.9 Å². The number of hydrogen-bond acceptors (Lipinski definition) is 5. The maximum Gasteiger partial charge on any atom is 0.374 e. The number of furan rings is 1. The molecule has 0 fully saturated rings. The first-order valence-corrected chi connectivity index (χ1v) is 10.1. The highest BCUT2D eigenvalue weighted by molar-refractivity contribution is 5.89. The molecule has 2 aromatic carbocycles. The second kappa shape index (κ2) is 9.98. The van der Waals surface area contributed by atoms with Crippen LogP contribution in [0, 0.1) is 0 Å². The highest BCUT2D eigenvalue weighted by atomic mass is 16.6. The zero-order valence-electron chi connectivity index (χ0n) is 18.0. The molecule has 0 saturated heterocycles. The second-order valence-electron chi connectivity index (χ2n) is 8.08. The zero-order valence-corrected chi connectivity index (χ0v) is 18.0. The Labute approximate surface area is 182 Å². The summed E-state index contributed by atoms with van der Waals surface area (Å²) in [5.41, 5.74) is 0.581. The molecule has 3 aromatic rings. The largest absolute Gasteiger partial charge is 0.486 e. The van der Waals surface area contributed by atoms with Gasteiger partial charge in [0, 0.05) is 12.1 Å². The Morgan fingerprint density at radius 2 is 1.55 bits per heavy atom. The summed E-state index contributed by atoms with van der Waals surface area (Å²) in [6, 6.07) is 22.2. The van der Waals surface area contributed by atoms with E-state index in [1.165, 1.54) is 6.07 Å². The fraction of sp³-hybridized carbons (Fsp3) is 0.280. The van der Waals surface area contributed by atoms with Crippen LogP contribution in [0.1, 0.15) is 42.6 Å². The number of esters is 1. The van der Waals surface area contributed by atoms with Gasteiger partial charge in [-0.05, 0) is 50.6 Å². The summed E-state index contributed by atoms with van der Waals surface area (Å²) in [6.07, 6.45) is 0. The average Bonchev–Trinajstić information content (AvgIpc) is 3.24. The lowest BCUT2D eigenvalue weighted by molar-refractivity contribution is -0.140. The van der Waals surface area contributed by atoms with Crippen LogP contribution in [0.5, 0.6) is 5.75 Å². The third-order valence-electron chi connectivity index (χ3n) is 4.61. The van der Waals surface area contributed by atoms with Gasteiger partial charge < -0.3 is 18.8 Å². The number of carbonyl (C=O) groups is 2. The van der Waals surface area contributed by atoms with Crippen LogP contribution in [0.15, 0.2) is 77.2 Å². The summed E-state index contributed by atoms with van der Waals surface area (Å²) >= 11 is 0. The van der Waals surface area contributed by atoms with Gasteiger partial charge in [-0.3, -0.25) is 4.79 Å². The van der Waals surface area contributed by atoms with Crippen molar-refractivity contribution in [1.82, 2.24) is 4.90 Å². The topological polar surface area (TPSA) is 69.0 Å². The van der Waals surface area contributed by atoms with E-state index < -0.39 is 11.5 Å². The lowest BCUT2D eigenvalue weighted by Crippen LogP contribution is -2.46. The van der Waals surface area contributed by atoms with E-state index in [1.54, 1.807) is 11.0 Å². The summed E-state index contributed by atoms with van der Waals surface area (Å²) in [5, 5.41) is 0. The van der Waals surface area contributed by atoms with Crippen LogP contribution in [0.25, 0.3) is 0 Å². The molecular weight excluding hydrogens is 394 g/mol. The maximum atomic E-state index is 12.8. The summed E-state index contributed by atoms with van der Waals surface area (Å²) in [5.74, 6) is 0.262. The molecule has 6 nitrogen and oxygen atoms in total. The lowest BCUT2D eigenvalue weighted by atomic mass is 10.0. The number of rotatable bonds is 8. The van der Waals surface area contributed by atoms with Crippen molar-refractivity contribution >= 4 is 11.9 Å². The highest BCUT2D eigenvalue weighted by Gasteiger charge is 2.27. The Morgan fingerprint density at radius 3 is 2.19 bits per heavy atom. The predicted molar refractivity (Wildman–Crippen MR) is 117 cm³/mol. The molecule has 0 aliphatic rings. The number of nitrogens with zero attached hydrogens (tertiary/aromatic N) is 1. The first-order valence-electron chi connectivity index (χ1n) is 10.1. The minimum atomic E-state index is -0.687. The van der Waals surface area contributed by atoms with Gasteiger partial charge in [0.25, 0.3) is 5.91 Å². The molecule has 0 spiro atoms. The SMILES string of the molecule is CC(C)(C)N(Cc1ccccc1)C(=O)COC(=O)c1ccc(COc2ccccc2)o1. The Bertz CT molecular complexity index is 990. The summed E-state index contributed by atoms with van der Waals surface area (Å²) in [6.45, 7) is 6.09. The third-order valence-corrected chi connectivity index (χ3v) is 4.61. The minimum absolute atomic E-state index is 0.0322. The van der Waals surface area contributed by atoms with Crippen molar-refractivity contribution in [2.45, 2.75) is 39.5 Å². The highest BCUT2D eigenvalue weighted by Crippen LogP contribution is 2.19. The number of ether oxygens (including phenoxy) is 2. The molecule has 0 bridgehead atoms. The Morgan fingerprint density at radius 1 is 0.903 bits per heavy atom. The first kappa shape index (κ1) is 22.2. The maximum absolute atomic E-state index is 12.8. The van der Waals surface area contributed by atoms with E-state index in [1.807, 2.05) is 81.4 Å². The van der Waals surface area contributed by atoms with Crippen molar-refractivity contribution in [3.05, 3.63) is 89.9 Å². The molecule has 0 aliphatic carbocycles. The molecule has 1 amide bonds. The summed E-state index contributed by atoms with van der Waals surface area (Å²) in [4.78, 5) is 26.8. The van der Waals surface area contributed by atoms with Crippen molar-refractivity contribution in [3.63, 3.8) is 0 Å². The van der Waals surface area contributed by atoms with Crippen LogP contribution >= 0.6 is 0 Å². The molecule has 1 aromatic heterocycles. The zero-order chi connectivity index (χ0) is 22.3. The van der Waals surface area contributed by atoms with E-state index in [0.29, 0.717) is 18.1 Å². The monoisotopic (exact) mass is 421 g/mol. The van der Waals surface area contributed by atoms with Gasteiger partial charge in [0.05, 0.1) is 0 Å². The summed E-state index contributed by atoms with van der Waals surface area (Å²) < 4.78 is 16.3. The number of para-hydroxylation sites is 1. The van der Waals surface area contributed by atoms with Crippen molar-refractivity contribution in [2.24, 2.45) is 0 Å². The van der Waals surface area contributed by atoms with E-state index in [9.17, 15) is 9.59 Å². The van der Waals surface area contributed by atoms with Crippen molar-refractivity contribution in [1.29, 1.82) is 0 Å². The van der Waals surface area contributed by atoms with E-state index in [0.717, 1.165) is 5.56 Å². The van der Waals surface area contributed by atoms with Gasteiger partial charge in [-0.1, -0.05) is 48.5 Å². The van der Waals surface area contributed by atoms with Gasteiger partial charge in [0.15, 0.2) is 6.61 Å². The predicted octanol–water partition coefficient (Wildman–Crippen LogP) is 4.84. The molecule has 6 heteroatoms. The number of hydrogen-bond donors (Lipinski definition) is 0. The van der Waals surface area contributed by atoms with E-state index in [4.69, 9.17) is 13.9 Å². The van der Waals surface area contributed by atoms with E-state index in [2.05, 4.69) is 0 Å². The number of carbonyl (C=O) groups excluding carboxylic acids is 2. The molecular formula is C25H27NO5. The van der Waals surface area contributed by atoms with Crippen molar-refractivity contribution in [3.8, 4) is 5.75 Å².